The Hall–Kier alpha value is -4.25. The number of amides is 2. The number of Topliss-reactive ketones (excluding diaryl/α,β-unsaturated/α-hetero) is 1. The number of benzene rings is 2. The van der Waals surface area contributed by atoms with Gasteiger partial charge in [-0.05, 0) is 57.0 Å². The maximum atomic E-state index is 12.6. The van der Waals surface area contributed by atoms with Crippen LogP contribution in [-0.2, 0) is 28.7 Å². The average molecular weight is 556 g/mol. The van der Waals surface area contributed by atoms with Gasteiger partial charge in [0.05, 0.1) is 19.5 Å². The predicted octanol–water partition coefficient (Wildman–Crippen LogP) is 2.62. The SMILES string of the molecule is CC(=O)CNC(=O)C(CC(=O)OC(C)(C)C)NC(=O)OCC1c2ccccc2-c2ccccc21.CNCC(=O)O. The van der Waals surface area contributed by atoms with Crippen LogP contribution >= 0.6 is 0 Å². The van der Waals surface area contributed by atoms with Crippen LogP contribution in [0.1, 0.15) is 51.2 Å². The van der Waals surface area contributed by atoms with Gasteiger partial charge in [-0.3, -0.25) is 19.2 Å². The first kappa shape index (κ1) is 32.0. The zero-order valence-electron chi connectivity index (χ0n) is 23.4. The van der Waals surface area contributed by atoms with Crippen LogP contribution in [0, 0.1) is 0 Å². The minimum Gasteiger partial charge on any atom is -0.480 e. The molecule has 11 heteroatoms. The number of ketones is 1. The molecule has 0 aromatic heterocycles. The molecule has 1 unspecified atom stereocenters. The Morgan fingerprint density at radius 1 is 0.925 bits per heavy atom. The highest BCUT2D eigenvalue weighted by Crippen LogP contribution is 2.44. The van der Waals surface area contributed by atoms with E-state index in [1.165, 1.54) is 6.92 Å². The maximum Gasteiger partial charge on any atom is 0.407 e. The topological polar surface area (TPSA) is 160 Å². The summed E-state index contributed by atoms with van der Waals surface area (Å²) in [6.45, 7) is 6.32. The molecule has 40 heavy (non-hydrogen) atoms. The van der Waals surface area contributed by atoms with Crippen molar-refractivity contribution < 1.29 is 38.6 Å². The number of nitrogens with one attached hydrogen (secondary N) is 3. The van der Waals surface area contributed by atoms with E-state index in [4.69, 9.17) is 14.6 Å². The Bertz CT molecular complexity index is 1180. The van der Waals surface area contributed by atoms with Crippen LogP contribution < -0.4 is 16.0 Å². The molecule has 2 aromatic rings. The minimum atomic E-state index is -1.25. The lowest BCUT2D eigenvalue weighted by Gasteiger charge is -2.22. The van der Waals surface area contributed by atoms with Crippen molar-refractivity contribution in [2.24, 2.45) is 0 Å². The number of hydrogen-bond acceptors (Lipinski definition) is 8. The minimum absolute atomic E-state index is 0.0417. The molecular formula is C29H37N3O8. The van der Waals surface area contributed by atoms with E-state index in [1.54, 1.807) is 27.8 Å². The number of carboxylic acids is 1. The van der Waals surface area contributed by atoms with Crippen molar-refractivity contribution in [1.29, 1.82) is 0 Å². The van der Waals surface area contributed by atoms with E-state index >= 15 is 0 Å². The van der Waals surface area contributed by atoms with Crippen LogP contribution in [0.2, 0.25) is 0 Å². The van der Waals surface area contributed by atoms with E-state index in [0.717, 1.165) is 22.3 Å². The molecule has 0 heterocycles. The second kappa shape index (κ2) is 14.8. The highest BCUT2D eigenvalue weighted by atomic mass is 16.6. The fourth-order valence-corrected chi connectivity index (χ4v) is 4.03. The highest BCUT2D eigenvalue weighted by Gasteiger charge is 2.31. The predicted molar refractivity (Wildman–Crippen MR) is 148 cm³/mol. The number of likely N-dealkylation sites (N-methyl/N-ethyl adjacent to an activating group) is 1. The number of ether oxygens (including phenoxy) is 2. The van der Waals surface area contributed by atoms with Crippen LogP contribution in [0.15, 0.2) is 48.5 Å². The van der Waals surface area contributed by atoms with Gasteiger partial charge in [-0.15, -0.1) is 0 Å². The largest absolute Gasteiger partial charge is 0.480 e. The Morgan fingerprint density at radius 2 is 1.48 bits per heavy atom. The van der Waals surface area contributed by atoms with E-state index in [1.807, 2.05) is 48.5 Å². The highest BCUT2D eigenvalue weighted by molar-refractivity contribution is 5.92. The Labute approximate surface area is 233 Å². The molecule has 1 atom stereocenters. The fourth-order valence-electron chi connectivity index (χ4n) is 4.03. The van der Waals surface area contributed by atoms with Crippen molar-refractivity contribution in [3.63, 3.8) is 0 Å². The number of hydrogen-bond donors (Lipinski definition) is 4. The van der Waals surface area contributed by atoms with E-state index in [0.29, 0.717) is 0 Å². The van der Waals surface area contributed by atoms with Gasteiger partial charge in [-0.1, -0.05) is 48.5 Å². The Balaban J connectivity index is 0.000000840. The molecule has 2 aromatic carbocycles. The first-order valence-electron chi connectivity index (χ1n) is 12.8. The van der Waals surface area contributed by atoms with E-state index in [9.17, 15) is 24.0 Å². The van der Waals surface area contributed by atoms with Crippen molar-refractivity contribution in [3.05, 3.63) is 59.7 Å². The molecule has 0 spiro atoms. The van der Waals surface area contributed by atoms with E-state index < -0.39 is 42.0 Å². The number of esters is 1. The lowest BCUT2D eigenvalue weighted by Crippen LogP contribution is -2.49. The third-order valence-electron chi connectivity index (χ3n) is 5.58. The van der Waals surface area contributed by atoms with Gasteiger partial charge in [0.15, 0.2) is 0 Å². The summed E-state index contributed by atoms with van der Waals surface area (Å²) in [5.41, 5.74) is 3.56. The summed E-state index contributed by atoms with van der Waals surface area (Å²) in [5, 5.41) is 15.2. The molecule has 216 valence electrons. The number of carbonyl (C=O) groups is 5. The van der Waals surface area contributed by atoms with Gasteiger partial charge in [0, 0.05) is 5.92 Å². The molecule has 3 rings (SSSR count). The van der Waals surface area contributed by atoms with Crippen LogP contribution in [0.25, 0.3) is 11.1 Å². The third-order valence-corrected chi connectivity index (χ3v) is 5.58. The molecule has 0 saturated heterocycles. The molecular weight excluding hydrogens is 518 g/mol. The quantitative estimate of drug-likeness (QED) is 0.323. The molecule has 1 aliphatic rings. The smallest absolute Gasteiger partial charge is 0.407 e. The number of carboxylic acid groups (broad SMARTS) is 1. The first-order chi connectivity index (χ1) is 18.8. The number of rotatable bonds is 10. The third kappa shape index (κ3) is 10.1. The van der Waals surface area contributed by atoms with Gasteiger partial charge in [-0.25, -0.2) is 4.79 Å². The van der Waals surface area contributed by atoms with Crippen molar-refractivity contribution in [3.8, 4) is 11.1 Å². The van der Waals surface area contributed by atoms with Gasteiger partial charge < -0.3 is 30.5 Å². The van der Waals surface area contributed by atoms with Crippen LogP contribution in [0.5, 0.6) is 0 Å². The summed E-state index contributed by atoms with van der Waals surface area (Å²) >= 11 is 0. The molecule has 11 nitrogen and oxygen atoms in total. The van der Waals surface area contributed by atoms with Crippen molar-refractivity contribution in [2.45, 2.75) is 51.7 Å². The lowest BCUT2D eigenvalue weighted by molar-refractivity contribution is -0.156. The summed E-state index contributed by atoms with van der Waals surface area (Å²) in [4.78, 5) is 58.2. The second-order valence-corrected chi connectivity index (χ2v) is 10.2. The molecule has 0 fully saturated rings. The van der Waals surface area contributed by atoms with Gasteiger partial charge >= 0.3 is 18.0 Å². The maximum absolute atomic E-state index is 12.6. The normalized spacial score (nSPS) is 12.5. The number of carbonyl (C=O) groups excluding carboxylic acids is 4. The summed E-state index contributed by atoms with van der Waals surface area (Å²) in [6, 6.07) is 14.6. The summed E-state index contributed by atoms with van der Waals surface area (Å²) in [5.74, 6) is -2.55. The van der Waals surface area contributed by atoms with E-state index in [2.05, 4.69) is 16.0 Å². The zero-order chi connectivity index (χ0) is 29.9. The second-order valence-electron chi connectivity index (χ2n) is 10.2. The Morgan fingerprint density at radius 3 is 1.93 bits per heavy atom. The molecule has 2 amide bonds. The van der Waals surface area contributed by atoms with Gasteiger partial charge in [-0.2, -0.15) is 0 Å². The first-order valence-corrected chi connectivity index (χ1v) is 12.8. The van der Waals surface area contributed by atoms with Gasteiger partial charge in [0.1, 0.15) is 24.0 Å². The van der Waals surface area contributed by atoms with Gasteiger partial charge in [0.25, 0.3) is 0 Å². The summed E-state index contributed by atoms with van der Waals surface area (Å²) in [7, 11) is 1.59. The monoisotopic (exact) mass is 555 g/mol. The van der Waals surface area contributed by atoms with Crippen molar-refractivity contribution >= 4 is 29.7 Å². The molecule has 1 aliphatic carbocycles. The number of aliphatic carboxylic acids is 1. The van der Waals surface area contributed by atoms with Crippen molar-refractivity contribution in [2.75, 3.05) is 26.7 Å². The zero-order valence-corrected chi connectivity index (χ0v) is 23.4. The molecule has 0 radical (unpaired) electrons. The molecule has 0 aliphatic heterocycles. The summed E-state index contributed by atoms with van der Waals surface area (Å²) < 4.78 is 10.7. The molecule has 0 bridgehead atoms. The standard InChI is InChI=1S/C26H30N2O6.C3H7NO2/c1-16(29)14-27-24(31)22(13-23(30)34-26(2,3)4)28-25(32)33-15-21-19-11-7-5-9-17(19)18-10-6-8-12-20(18)21;1-4-2-3(5)6/h5-12,21-22H,13-15H2,1-4H3,(H,27,31)(H,28,32);4H,2H2,1H3,(H,5,6). The van der Waals surface area contributed by atoms with Crippen LogP contribution in [0.3, 0.4) is 0 Å². The fraction of sp³-hybridized carbons (Fsp3) is 0.414. The van der Waals surface area contributed by atoms with Crippen LogP contribution in [0.4, 0.5) is 4.79 Å². The van der Waals surface area contributed by atoms with Gasteiger partial charge in [0.2, 0.25) is 5.91 Å². The molecule has 4 N–H and O–H groups in total. The lowest BCUT2D eigenvalue weighted by atomic mass is 9.98. The Kier molecular flexibility index (Phi) is 11.8. The van der Waals surface area contributed by atoms with Crippen LogP contribution in [-0.4, -0.2) is 73.2 Å². The number of fused-ring (bicyclic) bond motifs is 3. The molecule has 0 saturated carbocycles. The van der Waals surface area contributed by atoms with Crippen molar-refractivity contribution in [1.82, 2.24) is 16.0 Å². The summed E-state index contributed by atoms with van der Waals surface area (Å²) in [6.07, 6.45) is -1.24. The average Bonchev–Trinajstić information content (AvgIpc) is 3.18. The van der Waals surface area contributed by atoms with E-state index in [-0.39, 0.29) is 31.4 Å². The number of alkyl carbamates (subject to hydrolysis) is 1.